The Balaban J connectivity index is 0.00000200. The number of aromatic nitrogens is 1. The highest BCUT2D eigenvalue weighted by molar-refractivity contribution is 5.91. The van der Waals surface area contributed by atoms with Crippen LogP contribution in [-0.4, -0.2) is 16.1 Å². The van der Waals surface area contributed by atoms with E-state index in [1.807, 2.05) is 42.6 Å². The second kappa shape index (κ2) is 7.46. The first-order chi connectivity index (χ1) is 9.15. The van der Waals surface area contributed by atoms with Gasteiger partial charge in [0.2, 0.25) is 0 Å². The lowest BCUT2D eigenvalue weighted by atomic mass is 10.0. The number of carboxylic acids is 1. The summed E-state index contributed by atoms with van der Waals surface area (Å²) < 4.78 is 0. The topological polar surface area (TPSA) is 50.2 Å². The first kappa shape index (κ1) is 15.9. The third kappa shape index (κ3) is 4.52. The number of carbonyl (C=O) groups is 1. The zero-order valence-electron chi connectivity index (χ0n) is 11.1. The summed E-state index contributed by atoms with van der Waals surface area (Å²) in [6.45, 7) is 1.59. The van der Waals surface area contributed by atoms with Crippen LogP contribution in [0.1, 0.15) is 23.6 Å². The van der Waals surface area contributed by atoms with Gasteiger partial charge in [0.05, 0.1) is 0 Å². The molecule has 2 rings (SSSR count). The fraction of sp³-hybridized carbons (Fsp3) is 0.125. The fourth-order valence-electron chi connectivity index (χ4n) is 1.84. The molecule has 104 valence electrons. The molecule has 0 saturated heterocycles. The Morgan fingerprint density at radius 2 is 2.00 bits per heavy atom. The second-order valence-corrected chi connectivity index (χ2v) is 4.42. The Labute approximate surface area is 124 Å². The highest BCUT2D eigenvalue weighted by atomic mass is 35.5. The van der Waals surface area contributed by atoms with Crippen molar-refractivity contribution in [3.8, 4) is 0 Å². The predicted octanol–water partition coefficient (Wildman–Crippen LogP) is 3.58. The van der Waals surface area contributed by atoms with Gasteiger partial charge in [-0.2, -0.15) is 0 Å². The summed E-state index contributed by atoms with van der Waals surface area (Å²) in [6.07, 6.45) is 6.06. The largest absolute Gasteiger partial charge is 0.478 e. The average Bonchev–Trinajstić information content (AvgIpc) is 2.40. The molecule has 0 fully saturated rings. The zero-order valence-corrected chi connectivity index (χ0v) is 11.9. The number of pyridine rings is 1. The van der Waals surface area contributed by atoms with Crippen LogP contribution in [0.5, 0.6) is 0 Å². The SMILES string of the molecule is C/C(=C\c1cccc(Cc2cccnc2)c1)C(=O)O.Cl. The molecule has 1 aromatic heterocycles. The molecular weight excluding hydrogens is 274 g/mol. The van der Waals surface area contributed by atoms with Crippen LogP contribution in [0.2, 0.25) is 0 Å². The standard InChI is InChI=1S/C16H15NO2.ClH/c1-12(16(18)19)8-13-4-2-5-14(9-13)10-15-6-3-7-17-11-15;/h2-9,11H,10H2,1H3,(H,18,19);1H/b12-8+;. The molecule has 0 radical (unpaired) electrons. The van der Waals surface area contributed by atoms with E-state index >= 15 is 0 Å². The van der Waals surface area contributed by atoms with Crippen LogP contribution >= 0.6 is 12.4 Å². The summed E-state index contributed by atoms with van der Waals surface area (Å²) in [6, 6.07) is 11.8. The van der Waals surface area contributed by atoms with Crippen LogP contribution in [0.3, 0.4) is 0 Å². The van der Waals surface area contributed by atoms with Crippen molar-refractivity contribution in [2.75, 3.05) is 0 Å². The molecule has 1 N–H and O–H groups in total. The van der Waals surface area contributed by atoms with E-state index in [9.17, 15) is 4.79 Å². The van der Waals surface area contributed by atoms with Crippen LogP contribution in [0.15, 0.2) is 54.4 Å². The molecule has 0 amide bonds. The van der Waals surface area contributed by atoms with Gasteiger partial charge in [0.25, 0.3) is 0 Å². The molecule has 1 aromatic carbocycles. The molecule has 0 saturated carbocycles. The van der Waals surface area contributed by atoms with Crippen molar-refractivity contribution < 1.29 is 9.90 Å². The molecular formula is C16H16ClNO2. The minimum atomic E-state index is -0.891. The second-order valence-electron chi connectivity index (χ2n) is 4.42. The smallest absolute Gasteiger partial charge is 0.331 e. The molecule has 0 atom stereocenters. The van der Waals surface area contributed by atoms with Gasteiger partial charge >= 0.3 is 5.97 Å². The maximum Gasteiger partial charge on any atom is 0.331 e. The van der Waals surface area contributed by atoms with Crippen molar-refractivity contribution in [2.24, 2.45) is 0 Å². The number of carboxylic acid groups (broad SMARTS) is 1. The summed E-state index contributed by atoms with van der Waals surface area (Å²) >= 11 is 0. The van der Waals surface area contributed by atoms with E-state index in [0.717, 1.165) is 23.1 Å². The number of halogens is 1. The monoisotopic (exact) mass is 289 g/mol. The van der Waals surface area contributed by atoms with Gasteiger partial charge in [-0.3, -0.25) is 4.98 Å². The van der Waals surface area contributed by atoms with Gasteiger partial charge in [-0.15, -0.1) is 12.4 Å². The Kier molecular flexibility index (Phi) is 5.94. The number of rotatable bonds is 4. The molecule has 2 aromatic rings. The Bertz CT molecular complexity index is 609. The van der Waals surface area contributed by atoms with Gasteiger partial charge in [0.15, 0.2) is 0 Å². The molecule has 0 aliphatic heterocycles. The summed E-state index contributed by atoms with van der Waals surface area (Å²) in [7, 11) is 0. The van der Waals surface area contributed by atoms with E-state index in [4.69, 9.17) is 5.11 Å². The molecule has 0 bridgehead atoms. The molecule has 4 heteroatoms. The van der Waals surface area contributed by atoms with Gasteiger partial charge < -0.3 is 5.11 Å². The molecule has 0 unspecified atom stereocenters. The van der Waals surface area contributed by atoms with E-state index in [2.05, 4.69) is 4.98 Å². The van der Waals surface area contributed by atoms with Crippen LogP contribution < -0.4 is 0 Å². The number of hydrogen-bond acceptors (Lipinski definition) is 2. The summed E-state index contributed by atoms with van der Waals surface area (Å²) in [5.41, 5.74) is 3.51. The Hall–Kier alpha value is -2.13. The lowest BCUT2D eigenvalue weighted by Gasteiger charge is -2.03. The maximum atomic E-state index is 10.8. The Morgan fingerprint density at radius 3 is 2.65 bits per heavy atom. The highest BCUT2D eigenvalue weighted by Gasteiger charge is 2.01. The summed E-state index contributed by atoms with van der Waals surface area (Å²) in [5.74, 6) is -0.891. The molecule has 20 heavy (non-hydrogen) atoms. The van der Waals surface area contributed by atoms with Crippen LogP contribution in [-0.2, 0) is 11.2 Å². The summed E-state index contributed by atoms with van der Waals surface area (Å²) in [5, 5.41) is 8.87. The van der Waals surface area contributed by atoms with E-state index in [-0.39, 0.29) is 12.4 Å². The van der Waals surface area contributed by atoms with Gasteiger partial charge in [-0.05, 0) is 42.2 Å². The van der Waals surface area contributed by atoms with E-state index in [1.54, 1.807) is 19.2 Å². The van der Waals surface area contributed by atoms with E-state index in [1.165, 1.54) is 0 Å². The van der Waals surface area contributed by atoms with E-state index < -0.39 is 5.97 Å². The number of hydrogen-bond donors (Lipinski definition) is 1. The quantitative estimate of drug-likeness (QED) is 0.875. The molecule has 0 spiro atoms. The summed E-state index contributed by atoms with van der Waals surface area (Å²) in [4.78, 5) is 14.9. The van der Waals surface area contributed by atoms with Crippen LogP contribution in [0.25, 0.3) is 6.08 Å². The van der Waals surface area contributed by atoms with Gasteiger partial charge in [-0.1, -0.05) is 30.3 Å². The lowest BCUT2D eigenvalue weighted by Crippen LogP contribution is -1.95. The minimum Gasteiger partial charge on any atom is -0.478 e. The van der Waals surface area contributed by atoms with Gasteiger partial charge in [-0.25, -0.2) is 4.79 Å². The minimum absolute atomic E-state index is 0. The molecule has 0 aliphatic rings. The first-order valence-corrected chi connectivity index (χ1v) is 6.04. The first-order valence-electron chi connectivity index (χ1n) is 6.04. The highest BCUT2D eigenvalue weighted by Crippen LogP contribution is 2.13. The van der Waals surface area contributed by atoms with Crippen molar-refractivity contribution in [3.63, 3.8) is 0 Å². The number of nitrogens with zero attached hydrogens (tertiary/aromatic N) is 1. The van der Waals surface area contributed by atoms with Crippen LogP contribution in [0.4, 0.5) is 0 Å². The van der Waals surface area contributed by atoms with Crippen molar-refractivity contribution in [1.82, 2.24) is 4.98 Å². The lowest BCUT2D eigenvalue weighted by molar-refractivity contribution is -0.132. The fourth-order valence-corrected chi connectivity index (χ4v) is 1.84. The van der Waals surface area contributed by atoms with E-state index in [0.29, 0.717) is 5.57 Å². The number of aliphatic carboxylic acids is 1. The maximum absolute atomic E-state index is 10.8. The van der Waals surface area contributed by atoms with Crippen molar-refractivity contribution >= 4 is 24.5 Å². The predicted molar refractivity (Wildman–Crippen MR) is 82.0 cm³/mol. The Morgan fingerprint density at radius 1 is 1.25 bits per heavy atom. The molecule has 0 aliphatic carbocycles. The van der Waals surface area contributed by atoms with Crippen LogP contribution in [0, 0.1) is 0 Å². The zero-order chi connectivity index (χ0) is 13.7. The third-order valence-corrected chi connectivity index (χ3v) is 2.80. The number of benzene rings is 1. The normalized spacial score (nSPS) is 10.8. The average molecular weight is 290 g/mol. The van der Waals surface area contributed by atoms with Crippen molar-refractivity contribution in [2.45, 2.75) is 13.3 Å². The van der Waals surface area contributed by atoms with Gasteiger partial charge in [0, 0.05) is 18.0 Å². The molecule has 1 heterocycles. The van der Waals surface area contributed by atoms with Crippen molar-refractivity contribution in [1.29, 1.82) is 0 Å². The third-order valence-electron chi connectivity index (χ3n) is 2.80. The van der Waals surface area contributed by atoms with Crippen molar-refractivity contribution in [3.05, 3.63) is 71.1 Å². The molecule has 3 nitrogen and oxygen atoms in total. The van der Waals surface area contributed by atoms with Gasteiger partial charge in [0.1, 0.15) is 0 Å².